The van der Waals surface area contributed by atoms with E-state index >= 15 is 0 Å². The summed E-state index contributed by atoms with van der Waals surface area (Å²) < 4.78 is 9.51. The second-order valence-electron chi connectivity index (χ2n) is 6.60. The standard InChI is InChI=1S/C19H22ClN5O/c1-15(12-23-6-8-26-9-7-23)24-14-21-11-19(24)16-10-22-25(13-16)18-4-2-17(20)3-5-18/h2-5,10-11,13-15H,6-9,12H2,1H3/t15-/m1/s1. The number of rotatable bonds is 5. The van der Waals surface area contributed by atoms with E-state index in [2.05, 4.69) is 26.5 Å². The molecule has 3 aromatic rings. The first-order valence-electron chi connectivity index (χ1n) is 8.83. The zero-order valence-electron chi connectivity index (χ0n) is 14.8. The molecule has 4 rings (SSSR count). The van der Waals surface area contributed by atoms with Gasteiger partial charge in [-0.2, -0.15) is 5.10 Å². The molecule has 0 saturated carbocycles. The highest BCUT2D eigenvalue weighted by molar-refractivity contribution is 6.30. The van der Waals surface area contributed by atoms with E-state index < -0.39 is 0 Å². The van der Waals surface area contributed by atoms with Crippen molar-refractivity contribution in [2.45, 2.75) is 13.0 Å². The molecule has 1 atom stereocenters. The molecule has 1 aromatic carbocycles. The lowest BCUT2D eigenvalue weighted by Crippen LogP contribution is -2.39. The zero-order chi connectivity index (χ0) is 17.9. The predicted molar refractivity (Wildman–Crippen MR) is 102 cm³/mol. The van der Waals surface area contributed by atoms with Crippen LogP contribution >= 0.6 is 11.6 Å². The molecular formula is C19H22ClN5O. The topological polar surface area (TPSA) is 48.1 Å². The van der Waals surface area contributed by atoms with E-state index in [1.54, 1.807) is 0 Å². The summed E-state index contributed by atoms with van der Waals surface area (Å²) in [5, 5.41) is 5.21. The molecule has 3 heterocycles. The number of nitrogens with zero attached hydrogens (tertiary/aromatic N) is 5. The third kappa shape index (κ3) is 3.67. The van der Waals surface area contributed by atoms with Crippen molar-refractivity contribution in [3.05, 3.63) is 54.2 Å². The molecule has 0 unspecified atom stereocenters. The van der Waals surface area contributed by atoms with Gasteiger partial charge in [-0.15, -0.1) is 0 Å². The highest BCUT2D eigenvalue weighted by Gasteiger charge is 2.18. The minimum Gasteiger partial charge on any atom is -0.379 e. The van der Waals surface area contributed by atoms with Crippen LogP contribution in [0, 0.1) is 0 Å². The van der Waals surface area contributed by atoms with E-state index in [0.717, 1.165) is 54.8 Å². The highest BCUT2D eigenvalue weighted by Crippen LogP contribution is 2.24. The van der Waals surface area contributed by atoms with Crippen LogP contribution in [0.5, 0.6) is 0 Å². The van der Waals surface area contributed by atoms with Gasteiger partial charge in [0.05, 0.1) is 43.3 Å². The molecule has 7 heteroatoms. The fraction of sp³-hybridized carbons (Fsp3) is 0.368. The van der Waals surface area contributed by atoms with Crippen LogP contribution in [0.4, 0.5) is 0 Å². The maximum absolute atomic E-state index is 5.97. The fourth-order valence-corrected chi connectivity index (χ4v) is 3.44. The van der Waals surface area contributed by atoms with Gasteiger partial charge in [-0.1, -0.05) is 11.6 Å². The first-order chi connectivity index (χ1) is 12.7. The Hall–Kier alpha value is -2.15. The Labute approximate surface area is 158 Å². The third-order valence-electron chi connectivity index (χ3n) is 4.74. The van der Waals surface area contributed by atoms with Crippen molar-refractivity contribution >= 4 is 11.6 Å². The van der Waals surface area contributed by atoms with Crippen LogP contribution in [-0.4, -0.2) is 57.1 Å². The van der Waals surface area contributed by atoms with Gasteiger partial charge in [0.1, 0.15) is 0 Å². The molecule has 0 spiro atoms. The Morgan fingerprint density at radius 3 is 2.69 bits per heavy atom. The molecule has 136 valence electrons. The van der Waals surface area contributed by atoms with Crippen LogP contribution < -0.4 is 0 Å². The quantitative estimate of drug-likeness (QED) is 0.690. The molecule has 1 fully saturated rings. The van der Waals surface area contributed by atoms with Crippen molar-refractivity contribution in [2.24, 2.45) is 0 Å². The summed E-state index contributed by atoms with van der Waals surface area (Å²) in [7, 11) is 0. The Bertz CT molecular complexity index is 851. The number of hydrogen-bond donors (Lipinski definition) is 0. The first-order valence-corrected chi connectivity index (χ1v) is 9.21. The SMILES string of the molecule is C[C@H](CN1CCOCC1)n1cncc1-c1cnn(-c2ccc(Cl)cc2)c1. The van der Waals surface area contributed by atoms with Gasteiger partial charge in [0.25, 0.3) is 0 Å². The van der Waals surface area contributed by atoms with Gasteiger partial charge < -0.3 is 9.30 Å². The van der Waals surface area contributed by atoms with Crippen molar-refractivity contribution in [2.75, 3.05) is 32.8 Å². The third-order valence-corrected chi connectivity index (χ3v) is 4.99. The average molecular weight is 372 g/mol. The molecular weight excluding hydrogens is 350 g/mol. The molecule has 2 aromatic heterocycles. The Morgan fingerprint density at radius 1 is 1.15 bits per heavy atom. The number of imidazole rings is 1. The molecule has 0 amide bonds. The summed E-state index contributed by atoms with van der Waals surface area (Å²) in [6, 6.07) is 7.97. The maximum Gasteiger partial charge on any atom is 0.0953 e. The number of aromatic nitrogens is 4. The number of benzene rings is 1. The van der Waals surface area contributed by atoms with E-state index in [1.165, 1.54) is 0 Å². The molecule has 1 saturated heterocycles. The minimum atomic E-state index is 0.324. The van der Waals surface area contributed by atoms with E-state index in [0.29, 0.717) is 6.04 Å². The smallest absolute Gasteiger partial charge is 0.0953 e. The summed E-state index contributed by atoms with van der Waals surface area (Å²) in [6.07, 6.45) is 7.71. The van der Waals surface area contributed by atoms with Gasteiger partial charge in [0.15, 0.2) is 0 Å². The second kappa shape index (κ2) is 7.61. The average Bonchev–Trinajstić information content (AvgIpc) is 3.32. The van der Waals surface area contributed by atoms with Gasteiger partial charge in [-0.05, 0) is 31.2 Å². The number of halogens is 1. The number of hydrogen-bond acceptors (Lipinski definition) is 4. The summed E-state index contributed by atoms with van der Waals surface area (Å²) in [5.74, 6) is 0. The molecule has 0 N–H and O–H groups in total. The normalized spacial score (nSPS) is 16.7. The minimum absolute atomic E-state index is 0.324. The number of ether oxygens (including phenoxy) is 1. The molecule has 26 heavy (non-hydrogen) atoms. The van der Waals surface area contributed by atoms with Gasteiger partial charge in [0.2, 0.25) is 0 Å². The highest BCUT2D eigenvalue weighted by atomic mass is 35.5. The van der Waals surface area contributed by atoms with Crippen LogP contribution in [0.25, 0.3) is 16.9 Å². The Morgan fingerprint density at radius 2 is 1.92 bits per heavy atom. The second-order valence-corrected chi connectivity index (χ2v) is 7.03. The molecule has 1 aliphatic rings. The lowest BCUT2D eigenvalue weighted by Gasteiger charge is -2.30. The van der Waals surface area contributed by atoms with E-state index in [9.17, 15) is 0 Å². The van der Waals surface area contributed by atoms with E-state index in [4.69, 9.17) is 16.3 Å². The summed E-state index contributed by atoms with van der Waals surface area (Å²) in [4.78, 5) is 6.81. The van der Waals surface area contributed by atoms with Crippen LogP contribution in [0.2, 0.25) is 5.02 Å². The predicted octanol–water partition coefficient (Wildman–Crippen LogP) is 3.28. The largest absolute Gasteiger partial charge is 0.379 e. The van der Waals surface area contributed by atoms with Crippen molar-refractivity contribution < 1.29 is 4.74 Å². The van der Waals surface area contributed by atoms with Crippen LogP contribution in [-0.2, 0) is 4.74 Å². The summed E-state index contributed by atoms with van der Waals surface area (Å²) in [5.41, 5.74) is 3.10. The lowest BCUT2D eigenvalue weighted by molar-refractivity contribution is 0.0326. The lowest BCUT2D eigenvalue weighted by atomic mass is 10.2. The van der Waals surface area contributed by atoms with Crippen LogP contribution in [0.3, 0.4) is 0 Å². The van der Waals surface area contributed by atoms with Crippen molar-refractivity contribution in [3.8, 4) is 16.9 Å². The van der Waals surface area contributed by atoms with Crippen molar-refractivity contribution in [3.63, 3.8) is 0 Å². The van der Waals surface area contributed by atoms with Crippen molar-refractivity contribution in [1.29, 1.82) is 0 Å². The van der Waals surface area contributed by atoms with E-state index in [-0.39, 0.29) is 0 Å². The molecule has 6 nitrogen and oxygen atoms in total. The Balaban J connectivity index is 1.54. The first kappa shape index (κ1) is 17.3. The molecule has 1 aliphatic heterocycles. The van der Waals surface area contributed by atoms with Gasteiger partial charge in [-0.3, -0.25) is 4.90 Å². The summed E-state index contributed by atoms with van der Waals surface area (Å²) >= 11 is 5.97. The molecule has 0 bridgehead atoms. The van der Waals surface area contributed by atoms with Gasteiger partial charge >= 0.3 is 0 Å². The molecule has 0 aliphatic carbocycles. The molecule has 0 radical (unpaired) electrons. The van der Waals surface area contributed by atoms with E-state index in [1.807, 2.05) is 53.9 Å². The fourth-order valence-electron chi connectivity index (χ4n) is 3.31. The van der Waals surface area contributed by atoms with Crippen LogP contribution in [0.1, 0.15) is 13.0 Å². The maximum atomic E-state index is 5.97. The monoisotopic (exact) mass is 371 g/mol. The van der Waals surface area contributed by atoms with Crippen molar-refractivity contribution in [1.82, 2.24) is 24.2 Å². The van der Waals surface area contributed by atoms with Gasteiger partial charge in [0, 0.05) is 42.5 Å². The van der Waals surface area contributed by atoms with Gasteiger partial charge in [-0.25, -0.2) is 9.67 Å². The number of morpholine rings is 1. The zero-order valence-corrected chi connectivity index (χ0v) is 15.5. The van der Waals surface area contributed by atoms with Crippen LogP contribution in [0.15, 0.2) is 49.2 Å². The Kier molecular flexibility index (Phi) is 5.06. The summed E-state index contributed by atoms with van der Waals surface area (Å²) in [6.45, 7) is 6.82.